The van der Waals surface area contributed by atoms with E-state index in [9.17, 15) is 24.4 Å². The molecule has 4 amide bonds. The largest absolute Gasteiger partial charge is 0.446 e. The van der Waals surface area contributed by atoms with Gasteiger partial charge in [-0.2, -0.15) is 5.26 Å². The van der Waals surface area contributed by atoms with Gasteiger partial charge in [0.1, 0.15) is 35.5 Å². The molecule has 2 aliphatic heterocycles. The Morgan fingerprint density at radius 3 is 2.30 bits per heavy atom. The summed E-state index contributed by atoms with van der Waals surface area (Å²) in [4.78, 5) is 62.3. The Kier molecular flexibility index (Phi) is 9.57. The number of nitriles is 1. The van der Waals surface area contributed by atoms with Crippen LogP contribution in [0.5, 0.6) is 0 Å². The van der Waals surface area contributed by atoms with Crippen LogP contribution in [0.2, 0.25) is 0 Å². The molecule has 2 aromatic carbocycles. The molecule has 2 saturated carbocycles. The van der Waals surface area contributed by atoms with Gasteiger partial charge in [0.25, 0.3) is 5.91 Å². The summed E-state index contributed by atoms with van der Waals surface area (Å²) in [6.07, 6.45) is 11.7. The minimum atomic E-state index is -1.29. The zero-order chi connectivity index (χ0) is 34.7. The fourth-order valence-corrected chi connectivity index (χ4v) is 7.87. The van der Waals surface area contributed by atoms with E-state index >= 15 is 0 Å². The van der Waals surface area contributed by atoms with Crippen LogP contribution in [0, 0.1) is 17.4 Å². The fourth-order valence-electron chi connectivity index (χ4n) is 7.87. The molecule has 5 atom stereocenters. The molecule has 260 valence electrons. The molecule has 12 heteroatoms. The molecule has 5 aliphatic rings. The van der Waals surface area contributed by atoms with Crippen LogP contribution in [0.15, 0.2) is 65.8 Å². The van der Waals surface area contributed by atoms with E-state index < -0.39 is 47.5 Å². The molecule has 1 unspecified atom stereocenters. The number of amides is 4. The van der Waals surface area contributed by atoms with E-state index in [2.05, 4.69) is 21.1 Å². The number of hydrogen-bond acceptors (Lipinski definition) is 8. The molecule has 3 fully saturated rings. The average Bonchev–Trinajstić information content (AvgIpc) is 3.47. The van der Waals surface area contributed by atoms with E-state index in [0.717, 1.165) is 67.2 Å². The lowest BCUT2D eigenvalue weighted by Crippen LogP contribution is -2.57. The Hall–Kier alpha value is -5.18. The van der Waals surface area contributed by atoms with E-state index in [1.165, 1.54) is 4.90 Å². The van der Waals surface area contributed by atoms with Gasteiger partial charge in [0, 0.05) is 23.5 Å². The van der Waals surface area contributed by atoms with Gasteiger partial charge in [0.2, 0.25) is 11.8 Å². The second kappa shape index (κ2) is 14.4. The summed E-state index contributed by atoms with van der Waals surface area (Å²) in [6.45, 7) is 0.0492. The number of alkyl carbamates (subject to hydrolysis) is 1. The lowest BCUT2D eigenvalue weighted by atomic mass is 10.0. The third-order valence-corrected chi connectivity index (χ3v) is 10.6. The van der Waals surface area contributed by atoms with Crippen LogP contribution in [0.3, 0.4) is 0 Å². The van der Waals surface area contributed by atoms with Crippen molar-refractivity contribution in [2.75, 3.05) is 6.54 Å². The highest BCUT2D eigenvalue weighted by molar-refractivity contribution is 6.24. The first kappa shape index (κ1) is 33.3. The average molecular weight is 679 g/mol. The van der Waals surface area contributed by atoms with Gasteiger partial charge in [-0.15, -0.1) is 0 Å². The topological polar surface area (TPSA) is 162 Å². The van der Waals surface area contributed by atoms with E-state index in [4.69, 9.17) is 9.57 Å². The molecule has 7 rings (SSSR count). The number of nitrogens with one attached hydrogen (secondary N) is 3. The number of oxime groups is 1. The maximum absolute atomic E-state index is 14.4. The number of allylic oxidation sites excluding steroid dienone is 1. The second-order valence-electron chi connectivity index (χ2n) is 13.9. The van der Waals surface area contributed by atoms with Crippen molar-refractivity contribution >= 4 is 29.5 Å². The van der Waals surface area contributed by atoms with Crippen molar-refractivity contribution < 1.29 is 28.8 Å². The Labute approximate surface area is 291 Å². The van der Waals surface area contributed by atoms with Gasteiger partial charge in [-0.05, 0) is 62.5 Å². The number of hydrogen-bond donors (Lipinski definition) is 3. The summed E-state index contributed by atoms with van der Waals surface area (Å²) in [6, 6.07) is 14.0. The molecule has 2 heterocycles. The quantitative estimate of drug-likeness (QED) is 0.156. The fraction of sp³-hybridized carbons (Fsp3) is 0.474. The summed E-state index contributed by atoms with van der Waals surface area (Å²) in [5, 5.41) is 21.8. The normalized spacial score (nSPS) is 28.3. The van der Waals surface area contributed by atoms with Gasteiger partial charge in [0.15, 0.2) is 6.19 Å². The standard InChI is InChI=1S/C38H42N6O6/c39-23-40-36(47)38-21-24(38)12-4-2-1-3-5-19-31(41-37(48)49-25-13-6-7-14-25)35(46)44-22-26(20-32(44)34(45)42-38)50-43-33-29-17-10-8-15-27(29)28-16-9-11-18-30(28)33/h4,8-12,15-18,24-26,31-32H,1-3,5-7,13-14,19-22H2,(H,40,47)(H,41,48)(H,42,45)/b12-4+/t24?,26-,31-,32+,38-/m1/s1. The lowest BCUT2D eigenvalue weighted by Gasteiger charge is -2.29. The molecule has 1 saturated heterocycles. The third kappa shape index (κ3) is 6.69. The molecule has 2 aromatic rings. The number of carbonyl (C=O) groups excluding carboxylic acids is 4. The molecule has 12 nitrogen and oxygen atoms in total. The van der Waals surface area contributed by atoms with Gasteiger partial charge >= 0.3 is 6.09 Å². The molecule has 0 aromatic heterocycles. The number of rotatable bonds is 5. The maximum Gasteiger partial charge on any atom is 0.408 e. The monoisotopic (exact) mass is 678 g/mol. The molecule has 3 N–H and O–H groups in total. The van der Waals surface area contributed by atoms with E-state index in [1.54, 1.807) is 6.19 Å². The van der Waals surface area contributed by atoms with E-state index in [1.807, 2.05) is 60.7 Å². The minimum Gasteiger partial charge on any atom is -0.446 e. The van der Waals surface area contributed by atoms with Crippen molar-refractivity contribution in [2.24, 2.45) is 11.1 Å². The van der Waals surface area contributed by atoms with Crippen molar-refractivity contribution in [3.8, 4) is 17.3 Å². The van der Waals surface area contributed by atoms with Crippen LogP contribution in [0.1, 0.15) is 81.8 Å². The predicted molar refractivity (Wildman–Crippen MR) is 183 cm³/mol. The minimum absolute atomic E-state index is 0.0492. The molecule has 0 radical (unpaired) electrons. The third-order valence-electron chi connectivity index (χ3n) is 10.6. The molecular formula is C38H42N6O6. The molecule has 0 spiro atoms. The van der Waals surface area contributed by atoms with Gasteiger partial charge in [-0.25, -0.2) is 4.79 Å². The second-order valence-corrected chi connectivity index (χ2v) is 13.9. The van der Waals surface area contributed by atoms with Crippen molar-refractivity contribution in [2.45, 2.75) is 100 Å². The SMILES string of the molecule is N#CNC(=O)[C@@]12CC1/C=C/CCCCC[C@@H](NC(=O)OC1CCCC1)C(=O)N1C[C@H](ON=C3c4ccccc4-c4ccccc43)C[C@H]1C(=O)N2. The summed E-state index contributed by atoms with van der Waals surface area (Å²) in [5.41, 5.74) is 3.33. The Morgan fingerprint density at radius 1 is 0.920 bits per heavy atom. The van der Waals surface area contributed by atoms with Gasteiger partial charge < -0.3 is 25.1 Å². The Morgan fingerprint density at radius 2 is 1.60 bits per heavy atom. The first-order valence-electron chi connectivity index (χ1n) is 17.8. The smallest absolute Gasteiger partial charge is 0.408 e. The summed E-state index contributed by atoms with van der Waals surface area (Å²) < 4.78 is 5.65. The first-order chi connectivity index (χ1) is 24.4. The summed E-state index contributed by atoms with van der Waals surface area (Å²) >= 11 is 0. The highest BCUT2D eigenvalue weighted by Gasteiger charge is 2.61. The number of benzene rings is 2. The molecule has 50 heavy (non-hydrogen) atoms. The molecular weight excluding hydrogens is 636 g/mol. The first-order valence-corrected chi connectivity index (χ1v) is 17.8. The van der Waals surface area contributed by atoms with E-state index in [-0.39, 0.29) is 25.0 Å². The van der Waals surface area contributed by atoms with Crippen LogP contribution < -0.4 is 16.0 Å². The van der Waals surface area contributed by atoms with Crippen molar-refractivity contribution in [1.82, 2.24) is 20.9 Å². The van der Waals surface area contributed by atoms with Crippen molar-refractivity contribution in [3.05, 3.63) is 71.8 Å². The van der Waals surface area contributed by atoms with Gasteiger partial charge in [-0.1, -0.05) is 78.7 Å². The van der Waals surface area contributed by atoms with Crippen LogP contribution in [0.4, 0.5) is 4.79 Å². The van der Waals surface area contributed by atoms with Crippen LogP contribution in [-0.4, -0.2) is 70.8 Å². The molecule has 0 bridgehead atoms. The summed E-state index contributed by atoms with van der Waals surface area (Å²) in [5.74, 6) is -1.81. The Bertz CT molecular complexity index is 1710. The maximum atomic E-state index is 14.4. The zero-order valence-electron chi connectivity index (χ0n) is 27.9. The number of fused-ring (bicyclic) bond motifs is 5. The van der Waals surface area contributed by atoms with Gasteiger partial charge in [0.05, 0.1) is 6.54 Å². The highest BCUT2D eigenvalue weighted by atomic mass is 16.6. The summed E-state index contributed by atoms with van der Waals surface area (Å²) in [7, 11) is 0. The number of ether oxygens (including phenoxy) is 1. The Balaban J connectivity index is 1.16. The van der Waals surface area contributed by atoms with Crippen molar-refractivity contribution in [1.29, 1.82) is 5.26 Å². The van der Waals surface area contributed by atoms with E-state index in [0.29, 0.717) is 25.0 Å². The predicted octanol–water partition coefficient (Wildman–Crippen LogP) is 4.44. The van der Waals surface area contributed by atoms with Gasteiger partial charge in [-0.3, -0.25) is 19.7 Å². The van der Waals surface area contributed by atoms with Crippen molar-refractivity contribution in [3.63, 3.8) is 0 Å². The van der Waals surface area contributed by atoms with Crippen LogP contribution >= 0.6 is 0 Å². The number of carbonyl (C=O) groups is 4. The zero-order valence-corrected chi connectivity index (χ0v) is 27.9. The van der Waals surface area contributed by atoms with Crippen LogP contribution in [-0.2, 0) is 24.0 Å². The van der Waals surface area contributed by atoms with Crippen LogP contribution in [0.25, 0.3) is 11.1 Å². The molecule has 3 aliphatic carbocycles. The highest BCUT2D eigenvalue weighted by Crippen LogP contribution is 2.45. The number of nitrogens with zero attached hydrogens (tertiary/aromatic N) is 3. The lowest BCUT2D eigenvalue weighted by molar-refractivity contribution is -0.141.